The third-order valence-corrected chi connectivity index (χ3v) is 9.14. The van der Waals surface area contributed by atoms with Crippen LogP contribution in [0.25, 0.3) is 17.0 Å². The standard InChI is InChI=1S/C31H37FN8O5/c1-4-21-15-27(40(43)44)28(45-3)18-24(21)37-8-5-20(6-9-37)19-36-11-13-38(14-12-36)26-17-25-22(16-23(26)32)30(34-35(25)2)39-10-7-29(41)33-31(39)42/h4,15-18,20H,1,5-14,19H2,2-3H3,(H,33,41,42). The minimum Gasteiger partial charge on any atom is -0.490 e. The molecular formula is C31H37FN8O5. The molecule has 0 radical (unpaired) electrons. The number of piperazine rings is 1. The zero-order chi connectivity index (χ0) is 31.8. The fourth-order valence-corrected chi connectivity index (χ4v) is 6.67. The molecule has 0 bridgehead atoms. The van der Waals surface area contributed by atoms with Crippen LogP contribution in [0.2, 0.25) is 0 Å². The molecule has 1 aromatic heterocycles. The Morgan fingerprint density at radius 2 is 1.78 bits per heavy atom. The number of benzene rings is 2. The lowest BCUT2D eigenvalue weighted by molar-refractivity contribution is -0.385. The normalized spacial score (nSPS) is 18.4. The summed E-state index contributed by atoms with van der Waals surface area (Å²) in [4.78, 5) is 43.1. The van der Waals surface area contributed by atoms with Crippen molar-refractivity contribution in [3.05, 3.63) is 52.3 Å². The van der Waals surface area contributed by atoms with Gasteiger partial charge < -0.3 is 14.5 Å². The molecule has 13 nitrogen and oxygen atoms in total. The molecule has 3 fully saturated rings. The lowest BCUT2D eigenvalue weighted by Crippen LogP contribution is -2.49. The number of hydrogen-bond donors (Lipinski definition) is 1. The fourth-order valence-electron chi connectivity index (χ4n) is 6.67. The number of ether oxygens (including phenoxy) is 1. The maximum Gasteiger partial charge on any atom is 0.329 e. The van der Waals surface area contributed by atoms with Crippen molar-refractivity contribution in [1.29, 1.82) is 0 Å². The number of rotatable bonds is 8. The van der Waals surface area contributed by atoms with E-state index in [1.807, 2.05) is 0 Å². The third kappa shape index (κ3) is 5.89. The number of imide groups is 1. The Morgan fingerprint density at radius 1 is 1.07 bits per heavy atom. The van der Waals surface area contributed by atoms with Crippen molar-refractivity contribution in [2.75, 3.05) is 74.2 Å². The molecule has 0 atom stereocenters. The van der Waals surface area contributed by atoms with Gasteiger partial charge in [0, 0.05) is 94.6 Å². The minimum atomic E-state index is -0.550. The van der Waals surface area contributed by atoms with Gasteiger partial charge in [-0.1, -0.05) is 12.7 Å². The summed E-state index contributed by atoms with van der Waals surface area (Å²) in [6.07, 6.45) is 3.80. The van der Waals surface area contributed by atoms with Gasteiger partial charge in [0.25, 0.3) is 0 Å². The Balaban J connectivity index is 1.06. The second-order valence-corrected chi connectivity index (χ2v) is 11.8. The van der Waals surface area contributed by atoms with Crippen molar-refractivity contribution in [3.63, 3.8) is 0 Å². The molecule has 3 amide bonds. The molecule has 0 aliphatic carbocycles. The van der Waals surface area contributed by atoms with Crippen LogP contribution in [0.15, 0.2) is 30.8 Å². The Bertz CT molecular complexity index is 1660. The molecule has 3 aliphatic rings. The number of fused-ring (bicyclic) bond motifs is 1. The molecule has 14 heteroatoms. The highest BCUT2D eigenvalue weighted by Crippen LogP contribution is 2.37. The molecule has 0 saturated carbocycles. The second kappa shape index (κ2) is 12.3. The highest BCUT2D eigenvalue weighted by molar-refractivity contribution is 6.09. The molecule has 3 saturated heterocycles. The highest BCUT2D eigenvalue weighted by atomic mass is 19.1. The smallest absolute Gasteiger partial charge is 0.329 e. The molecule has 3 aromatic rings. The first-order valence-electron chi connectivity index (χ1n) is 15.2. The number of nitro benzene ring substituents is 1. The van der Waals surface area contributed by atoms with Crippen LogP contribution in [0.3, 0.4) is 0 Å². The number of carbonyl (C=O) groups is 2. The zero-order valence-corrected chi connectivity index (χ0v) is 25.5. The van der Waals surface area contributed by atoms with Crippen molar-refractivity contribution in [2.45, 2.75) is 19.3 Å². The minimum absolute atomic E-state index is 0.0692. The summed E-state index contributed by atoms with van der Waals surface area (Å²) in [5, 5.41) is 18.8. The molecule has 1 N–H and O–H groups in total. The molecule has 0 unspecified atom stereocenters. The highest BCUT2D eigenvalue weighted by Gasteiger charge is 2.30. The number of halogens is 1. The number of nitrogens with zero attached hydrogens (tertiary/aromatic N) is 7. The predicted molar refractivity (Wildman–Crippen MR) is 170 cm³/mol. The largest absolute Gasteiger partial charge is 0.490 e. The number of carbonyl (C=O) groups excluding carboxylic acids is 2. The van der Waals surface area contributed by atoms with Crippen LogP contribution in [0.5, 0.6) is 5.75 Å². The van der Waals surface area contributed by atoms with Crippen LogP contribution in [-0.2, 0) is 11.8 Å². The van der Waals surface area contributed by atoms with E-state index >= 15 is 4.39 Å². The van der Waals surface area contributed by atoms with Gasteiger partial charge in [0.1, 0.15) is 5.82 Å². The summed E-state index contributed by atoms with van der Waals surface area (Å²) in [7, 11) is 3.20. The van der Waals surface area contributed by atoms with Gasteiger partial charge >= 0.3 is 11.7 Å². The molecule has 238 valence electrons. The van der Waals surface area contributed by atoms with Gasteiger partial charge in [-0.3, -0.25) is 34.7 Å². The second-order valence-electron chi connectivity index (χ2n) is 11.8. The number of methoxy groups -OCH3 is 1. The van der Waals surface area contributed by atoms with Gasteiger partial charge in [0.15, 0.2) is 11.6 Å². The van der Waals surface area contributed by atoms with Crippen molar-refractivity contribution in [2.24, 2.45) is 13.0 Å². The maximum absolute atomic E-state index is 15.5. The number of aryl methyl sites for hydroxylation is 1. The Kier molecular flexibility index (Phi) is 8.32. The maximum atomic E-state index is 15.5. The third-order valence-electron chi connectivity index (χ3n) is 9.14. The van der Waals surface area contributed by atoms with Crippen molar-refractivity contribution in [3.8, 4) is 5.75 Å². The summed E-state index contributed by atoms with van der Waals surface area (Å²) in [5.74, 6) is 0.398. The van der Waals surface area contributed by atoms with Gasteiger partial charge in [-0.05, 0) is 30.9 Å². The number of amides is 3. The van der Waals surface area contributed by atoms with E-state index in [-0.39, 0.29) is 36.1 Å². The molecule has 0 spiro atoms. The van der Waals surface area contributed by atoms with Gasteiger partial charge in [-0.15, -0.1) is 0 Å². The summed E-state index contributed by atoms with van der Waals surface area (Å²) in [5.41, 5.74) is 2.78. The van der Waals surface area contributed by atoms with Crippen molar-refractivity contribution >= 4 is 51.8 Å². The SMILES string of the molecule is C=Cc1cc([N+](=O)[O-])c(OC)cc1N1CCC(CN2CCN(c3cc4c(cc3F)c(N3CCC(=O)NC3=O)nn4C)CC2)CC1. The fraction of sp³-hybridized carbons (Fsp3) is 0.452. The number of anilines is 3. The molecule has 45 heavy (non-hydrogen) atoms. The van der Waals surface area contributed by atoms with Gasteiger partial charge in [-0.25, -0.2) is 9.18 Å². The first-order chi connectivity index (χ1) is 21.7. The van der Waals surface area contributed by atoms with E-state index in [1.165, 1.54) is 24.1 Å². The topological polar surface area (TPSA) is 129 Å². The lowest BCUT2D eigenvalue weighted by atomic mass is 9.94. The van der Waals surface area contributed by atoms with Crippen LogP contribution >= 0.6 is 0 Å². The molecule has 6 rings (SSSR count). The van der Waals surface area contributed by atoms with Crippen LogP contribution < -0.4 is 24.8 Å². The van der Waals surface area contributed by atoms with Gasteiger partial charge in [-0.2, -0.15) is 5.10 Å². The van der Waals surface area contributed by atoms with Gasteiger partial charge in [0.2, 0.25) is 5.91 Å². The van der Waals surface area contributed by atoms with Crippen molar-refractivity contribution in [1.82, 2.24) is 20.0 Å². The summed E-state index contributed by atoms with van der Waals surface area (Å²) < 4.78 is 22.5. The molecular weight excluding hydrogens is 583 g/mol. The van der Waals surface area contributed by atoms with Crippen LogP contribution in [0, 0.1) is 21.8 Å². The number of nitro groups is 1. The Hall–Kier alpha value is -4.72. The molecule has 3 aliphatic heterocycles. The number of hydrogen-bond acceptors (Lipinski definition) is 9. The monoisotopic (exact) mass is 620 g/mol. The first-order valence-corrected chi connectivity index (χ1v) is 15.2. The zero-order valence-electron chi connectivity index (χ0n) is 25.5. The van der Waals surface area contributed by atoms with Crippen LogP contribution in [-0.4, -0.2) is 91.0 Å². The Labute approximate surface area is 259 Å². The van der Waals surface area contributed by atoms with E-state index in [4.69, 9.17) is 4.74 Å². The first kappa shape index (κ1) is 30.3. The van der Waals surface area contributed by atoms with E-state index < -0.39 is 11.0 Å². The number of piperidine rings is 1. The average molecular weight is 621 g/mol. The van der Waals surface area contributed by atoms with E-state index in [1.54, 1.807) is 29.9 Å². The molecule has 2 aromatic carbocycles. The predicted octanol–water partition coefficient (Wildman–Crippen LogP) is 3.76. The van der Waals surface area contributed by atoms with E-state index in [2.05, 4.69) is 31.7 Å². The number of urea groups is 1. The van der Waals surface area contributed by atoms with Gasteiger partial charge in [0.05, 0.1) is 23.2 Å². The van der Waals surface area contributed by atoms with Crippen molar-refractivity contribution < 1.29 is 23.6 Å². The number of nitrogens with one attached hydrogen (secondary N) is 1. The van der Waals surface area contributed by atoms with Crippen LogP contribution in [0.1, 0.15) is 24.8 Å². The van der Waals surface area contributed by atoms with Crippen LogP contribution in [0.4, 0.5) is 32.1 Å². The summed E-state index contributed by atoms with van der Waals surface area (Å²) >= 11 is 0. The summed E-state index contributed by atoms with van der Waals surface area (Å²) in [6.45, 7) is 9.69. The Morgan fingerprint density at radius 3 is 2.42 bits per heavy atom. The molecule has 4 heterocycles. The average Bonchev–Trinajstić information content (AvgIpc) is 3.35. The van der Waals surface area contributed by atoms with E-state index in [9.17, 15) is 19.7 Å². The summed E-state index contributed by atoms with van der Waals surface area (Å²) in [6, 6.07) is 5.95. The van der Waals surface area contributed by atoms with E-state index in [0.717, 1.165) is 56.8 Å². The van der Waals surface area contributed by atoms with E-state index in [0.29, 0.717) is 41.4 Å². The lowest BCUT2D eigenvalue weighted by Gasteiger charge is -2.40. The number of aromatic nitrogens is 2. The quantitative estimate of drug-likeness (QED) is 0.296.